The van der Waals surface area contributed by atoms with E-state index in [2.05, 4.69) is 0 Å². The summed E-state index contributed by atoms with van der Waals surface area (Å²) in [5.41, 5.74) is 2.31. The third-order valence-electron chi connectivity index (χ3n) is 6.14. The fourth-order valence-corrected chi connectivity index (χ4v) is 5.07. The highest BCUT2D eigenvalue weighted by Gasteiger charge is 2.67. The van der Waals surface area contributed by atoms with Crippen LogP contribution in [0.5, 0.6) is 0 Å². The summed E-state index contributed by atoms with van der Waals surface area (Å²) in [7, 11) is 0. The molecule has 3 aliphatic heterocycles. The molecule has 6 heteroatoms. The van der Waals surface area contributed by atoms with E-state index in [0.29, 0.717) is 5.69 Å². The minimum absolute atomic E-state index is 0.112. The number of imide groups is 1. The predicted octanol–water partition coefficient (Wildman–Crippen LogP) is 1.51. The Bertz CT molecular complexity index is 1050. The van der Waals surface area contributed by atoms with E-state index in [-0.39, 0.29) is 23.6 Å². The van der Waals surface area contributed by atoms with E-state index < -0.39 is 23.7 Å². The molecule has 2 amide bonds. The van der Waals surface area contributed by atoms with Crippen LogP contribution in [0.4, 0.5) is 10.1 Å². The van der Waals surface area contributed by atoms with Crippen LogP contribution in [0.25, 0.3) is 6.08 Å². The smallest absolute Gasteiger partial charge is 0.244 e. The number of halogens is 1. The number of carbonyl (C=O) groups is 3. The summed E-state index contributed by atoms with van der Waals surface area (Å²) < 4.78 is 13.3. The predicted molar refractivity (Wildman–Crippen MR) is 99.5 cm³/mol. The van der Waals surface area contributed by atoms with Gasteiger partial charge in [0.1, 0.15) is 23.7 Å². The Labute approximate surface area is 161 Å². The van der Waals surface area contributed by atoms with E-state index >= 15 is 0 Å². The number of quaternary nitrogens is 1. The number of anilines is 1. The van der Waals surface area contributed by atoms with E-state index in [4.69, 9.17) is 0 Å². The Morgan fingerprint density at radius 2 is 1.68 bits per heavy atom. The lowest BCUT2D eigenvalue weighted by atomic mass is 9.84. The molecule has 0 spiro atoms. The maximum atomic E-state index is 13.4. The lowest BCUT2D eigenvalue weighted by Gasteiger charge is -2.30. The summed E-state index contributed by atoms with van der Waals surface area (Å²) in [5, 5.41) is 0. The van der Waals surface area contributed by atoms with E-state index in [9.17, 15) is 18.8 Å². The molecule has 3 aliphatic rings. The van der Waals surface area contributed by atoms with Gasteiger partial charge in [0.2, 0.25) is 11.8 Å². The molecule has 5 rings (SSSR count). The molecular formula is C22H18FN2O3+. The second-order valence-corrected chi connectivity index (χ2v) is 7.57. The van der Waals surface area contributed by atoms with Gasteiger partial charge in [-0.1, -0.05) is 24.3 Å². The fraction of sp³-hybridized carbons (Fsp3) is 0.227. The van der Waals surface area contributed by atoms with Gasteiger partial charge in [0.25, 0.3) is 0 Å². The summed E-state index contributed by atoms with van der Waals surface area (Å²) in [6, 6.07) is 12.2. The van der Waals surface area contributed by atoms with Crippen molar-refractivity contribution in [3.8, 4) is 0 Å². The van der Waals surface area contributed by atoms with Crippen molar-refractivity contribution in [2.75, 3.05) is 4.90 Å². The molecule has 28 heavy (non-hydrogen) atoms. The number of hydrogen-bond donors (Lipinski definition) is 1. The second-order valence-electron chi connectivity index (χ2n) is 7.57. The highest BCUT2D eigenvalue weighted by atomic mass is 19.1. The lowest BCUT2D eigenvalue weighted by Crippen LogP contribution is -3.12. The Hall–Kier alpha value is -3.12. The zero-order chi connectivity index (χ0) is 19.6. The van der Waals surface area contributed by atoms with Crippen molar-refractivity contribution in [2.45, 2.75) is 19.0 Å². The van der Waals surface area contributed by atoms with Gasteiger partial charge in [0.05, 0.1) is 11.9 Å². The fourth-order valence-electron chi connectivity index (χ4n) is 5.07. The summed E-state index contributed by atoms with van der Waals surface area (Å²) in [6.45, 7) is 1.48. The number of Topliss-reactive ketones (excluding diaryl/α,β-unsaturated/α-hetero) is 1. The van der Waals surface area contributed by atoms with Crippen molar-refractivity contribution in [3.63, 3.8) is 0 Å². The van der Waals surface area contributed by atoms with Gasteiger partial charge >= 0.3 is 0 Å². The van der Waals surface area contributed by atoms with E-state index in [1.54, 1.807) is 0 Å². The topological polar surface area (TPSA) is 58.9 Å². The first-order valence-corrected chi connectivity index (χ1v) is 9.26. The number of fused-ring (bicyclic) bond motifs is 5. The number of amides is 2. The Kier molecular flexibility index (Phi) is 3.61. The van der Waals surface area contributed by atoms with Gasteiger partial charge in [-0.25, -0.2) is 9.29 Å². The van der Waals surface area contributed by atoms with Crippen LogP contribution in [0.2, 0.25) is 0 Å². The zero-order valence-electron chi connectivity index (χ0n) is 15.1. The van der Waals surface area contributed by atoms with Crippen molar-refractivity contribution in [3.05, 3.63) is 71.7 Å². The van der Waals surface area contributed by atoms with Crippen LogP contribution in [0, 0.1) is 17.7 Å². The molecule has 1 unspecified atom stereocenters. The van der Waals surface area contributed by atoms with Crippen molar-refractivity contribution in [1.29, 1.82) is 0 Å². The number of ketones is 1. The molecule has 5 nitrogen and oxygen atoms in total. The van der Waals surface area contributed by atoms with Gasteiger partial charge in [-0.05, 0) is 35.9 Å². The van der Waals surface area contributed by atoms with Crippen LogP contribution < -0.4 is 9.80 Å². The normalized spacial score (nSPS) is 30.2. The summed E-state index contributed by atoms with van der Waals surface area (Å²) in [6.07, 6.45) is 3.85. The average Bonchev–Trinajstić information content (AvgIpc) is 3.16. The van der Waals surface area contributed by atoms with E-state index in [1.807, 2.05) is 36.5 Å². The summed E-state index contributed by atoms with van der Waals surface area (Å²) >= 11 is 0. The molecule has 3 heterocycles. The largest absolute Gasteiger partial charge is 0.293 e. The van der Waals surface area contributed by atoms with Gasteiger partial charge in [0, 0.05) is 12.5 Å². The van der Waals surface area contributed by atoms with Gasteiger partial charge in [-0.3, -0.25) is 19.3 Å². The number of benzene rings is 2. The number of carbonyl (C=O) groups excluding carboxylic acids is 3. The quantitative estimate of drug-likeness (QED) is 0.808. The van der Waals surface area contributed by atoms with Crippen molar-refractivity contribution >= 4 is 29.4 Å². The second kappa shape index (κ2) is 5.94. The van der Waals surface area contributed by atoms with Crippen LogP contribution in [0.3, 0.4) is 0 Å². The molecular weight excluding hydrogens is 359 g/mol. The average molecular weight is 377 g/mol. The van der Waals surface area contributed by atoms with Crippen LogP contribution in [-0.2, 0) is 14.4 Å². The standard InChI is InChI=1S/C22H17FN2O3/c1-12(26)19-17-18(20-16-5-3-2-4-13(16)10-11-24(19)20)22(28)25(21(17)27)15-8-6-14(23)7-9-15/h2-11,17-20H,1H3/p+1/t17-,18+,19+,20-/m1/s1. The zero-order valence-corrected chi connectivity index (χ0v) is 15.1. The van der Waals surface area contributed by atoms with E-state index in [1.165, 1.54) is 31.2 Å². The first-order chi connectivity index (χ1) is 13.5. The van der Waals surface area contributed by atoms with Gasteiger partial charge in [0.15, 0.2) is 11.8 Å². The molecule has 0 bridgehead atoms. The molecule has 2 saturated heterocycles. The lowest BCUT2D eigenvalue weighted by molar-refractivity contribution is -0.884. The van der Waals surface area contributed by atoms with Crippen LogP contribution in [0.15, 0.2) is 54.7 Å². The molecule has 0 aromatic heterocycles. The number of hydrogen-bond acceptors (Lipinski definition) is 3. The maximum Gasteiger partial charge on any atom is 0.244 e. The molecule has 5 atom stereocenters. The molecule has 2 aromatic carbocycles. The first kappa shape index (κ1) is 17.0. The number of nitrogens with zero attached hydrogens (tertiary/aromatic N) is 1. The van der Waals surface area contributed by atoms with Gasteiger partial charge in [-0.2, -0.15) is 0 Å². The summed E-state index contributed by atoms with van der Waals surface area (Å²) in [5.74, 6) is -2.59. The summed E-state index contributed by atoms with van der Waals surface area (Å²) in [4.78, 5) is 41.1. The van der Waals surface area contributed by atoms with Gasteiger partial charge < -0.3 is 0 Å². The molecule has 2 aromatic rings. The Morgan fingerprint density at radius 1 is 1.00 bits per heavy atom. The molecule has 0 aliphatic carbocycles. The Morgan fingerprint density at radius 3 is 2.39 bits per heavy atom. The number of rotatable bonds is 2. The molecule has 2 fully saturated rings. The minimum atomic E-state index is -0.717. The Balaban J connectivity index is 1.65. The SMILES string of the molecule is CC(=O)[C@H]1[C@@H]2C(=O)N(c3ccc(F)cc3)C(=O)[C@@H]2[C@H]2c3ccccc3C=C[NH+]21. The van der Waals surface area contributed by atoms with E-state index in [0.717, 1.165) is 20.9 Å². The third kappa shape index (κ3) is 2.18. The molecule has 0 radical (unpaired) electrons. The monoisotopic (exact) mass is 377 g/mol. The maximum absolute atomic E-state index is 13.4. The van der Waals surface area contributed by atoms with Crippen molar-refractivity contribution < 1.29 is 23.7 Å². The number of nitrogens with one attached hydrogen (secondary N) is 1. The van der Waals surface area contributed by atoms with Crippen LogP contribution in [-0.4, -0.2) is 23.6 Å². The van der Waals surface area contributed by atoms with Crippen LogP contribution >= 0.6 is 0 Å². The molecule has 140 valence electrons. The van der Waals surface area contributed by atoms with Crippen molar-refractivity contribution in [1.82, 2.24) is 0 Å². The highest BCUT2D eigenvalue weighted by Crippen LogP contribution is 2.44. The first-order valence-electron chi connectivity index (χ1n) is 9.26. The third-order valence-corrected chi connectivity index (χ3v) is 6.14. The van der Waals surface area contributed by atoms with Gasteiger partial charge in [-0.15, -0.1) is 0 Å². The highest BCUT2D eigenvalue weighted by molar-refractivity contribution is 6.23. The van der Waals surface area contributed by atoms with Crippen LogP contribution in [0.1, 0.15) is 24.1 Å². The molecule has 1 N–H and O–H groups in total. The van der Waals surface area contributed by atoms with Crippen molar-refractivity contribution in [2.24, 2.45) is 11.8 Å². The molecule has 0 saturated carbocycles. The minimum Gasteiger partial charge on any atom is -0.293 e.